The monoisotopic (exact) mass is 216 g/mol. The fourth-order valence-electron chi connectivity index (χ4n) is 0. The molecule has 0 saturated heterocycles. The smallest absolute Gasteiger partial charge is 0 e. The van der Waals surface area contributed by atoms with Gasteiger partial charge in [0.1, 0.15) is 0 Å². The maximum absolute atomic E-state index is 7.33. The van der Waals surface area contributed by atoms with Crippen LogP contribution in [0.15, 0.2) is 0 Å². The van der Waals surface area contributed by atoms with Crippen molar-refractivity contribution in [1.29, 1.82) is 0 Å². The fourth-order valence-corrected chi connectivity index (χ4v) is 0. The van der Waals surface area contributed by atoms with Gasteiger partial charge in [0.05, 0.1) is 0 Å². The third-order valence-corrected chi connectivity index (χ3v) is 0. The van der Waals surface area contributed by atoms with Gasteiger partial charge in [0.25, 0.3) is 0 Å². The Balaban J connectivity index is -0.0000000800. The second-order valence-corrected chi connectivity index (χ2v) is 1.80. The molecule has 0 radical (unpaired) electrons. The maximum Gasteiger partial charge on any atom is 0 e. The molecule has 0 amide bonds. The van der Waals surface area contributed by atoms with Crippen molar-refractivity contribution in [3.63, 3.8) is 0 Å². The summed E-state index contributed by atoms with van der Waals surface area (Å²) in [6, 6.07) is 0. The average molecular weight is 217 g/mol. The fraction of sp³-hybridized carbons (Fsp3) is 0. The molecule has 7 heteroatoms. The van der Waals surface area contributed by atoms with Gasteiger partial charge in [0, 0.05) is 33.0 Å². The van der Waals surface area contributed by atoms with Crippen LogP contribution in [0.25, 0.3) is 0 Å². The number of rotatable bonds is 0. The molecule has 0 aromatic carbocycles. The molecule has 0 aromatic heterocycles. The summed E-state index contributed by atoms with van der Waals surface area (Å²) in [5.74, 6) is 0. The van der Waals surface area contributed by atoms with E-state index in [1.54, 1.807) is 0 Å². The van der Waals surface area contributed by atoms with Crippen molar-refractivity contribution >= 4 is 8.17 Å². The largest absolute Gasteiger partial charge is 0 e. The normalized spacial score (nSPS) is 10.9. The van der Waals surface area contributed by atoms with Gasteiger partial charge in [0.15, 0.2) is 0 Å². The molecule has 0 saturated carbocycles. The van der Waals surface area contributed by atoms with E-state index >= 15 is 0 Å². The molecule has 54 valence electrons. The summed E-state index contributed by atoms with van der Waals surface area (Å²) in [5.41, 5.74) is 0. The van der Waals surface area contributed by atoms with Crippen molar-refractivity contribution in [3.8, 4) is 0 Å². The van der Waals surface area contributed by atoms with E-state index in [4.69, 9.17) is 19.6 Å². The third-order valence-electron chi connectivity index (χ3n) is 0. The van der Waals surface area contributed by atoms with Crippen LogP contribution >= 0.6 is 8.17 Å². The van der Waals surface area contributed by atoms with E-state index in [9.17, 15) is 0 Å². The molecule has 0 aliphatic rings. The van der Waals surface area contributed by atoms with E-state index in [1.807, 2.05) is 0 Å². The van der Waals surface area contributed by atoms with Crippen LogP contribution in [-0.2, 0) is 33.0 Å². The summed E-state index contributed by atoms with van der Waals surface area (Å²) in [6.45, 7) is 0. The number of hydrogen-bond donors (Lipinski definition) is 4. The second-order valence-electron chi connectivity index (χ2n) is 0.600. The molecule has 4 nitrogen and oxygen atoms in total. The van der Waals surface area contributed by atoms with Gasteiger partial charge in [0.2, 0.25) is 0 Å². The average Bonchev–Trinajstić information content (AvgIpc) is 0.722. The predicted octanol–water partition coefficient (Wildman–Crippen LogP) is -1.64. The molecule has 0 fully saturated rings. The predicted molar refractivity (Wildman–Crippen MR) is 17.2 cm³/mol. The van der Waals surface area contributed by atoms with E-state index < -0.39 is 8.17 Å². The van der Waals surface area contributed by atoms with Crippen molar-refractivity contribution in [1.82, 2.24) is 0 Å². The molecule has 0 rings (SSSR count). The van der Waals surface area contributed by atoms with E-state index in [0.717, 1.165) is 0 Å². The first-order chi connectivity index (χ1) is 2.00. The van der Waals surface area contributed by atoms with Crippen LogP contribution in [0.1, 0.15) is 0 Å². The molecule has 0 atom stereocenters. The van der Waals surface area contributed by atoms with Gasteiger partial charge in [-0.25, -0.2) is 0 Å². The van der Waals surface area contributed by atoms with E-state index in [2.05, 4.69) is 0 Å². The Morgan fingerprint density at radius 3 is 0.714 bits per heavy atom. The molecule has 0 aromatic rings. The Morgan fingerprint density at radius 2 is 0.714 bits per heavy atom. The van der Waals surface area contributed by atoms with Gasteiger partial charge in [-0.05, 0) is 0 Å². The standard InChI is InChI=1S/2Ni.H5O4P/c;;1-5(2,3)4/h;;1-5H. The first-order valence-electron chi connectivity index (χ1n) is 0.894. The van der Waals surface area contributed by atoms with E-state index in [-0.39, 0.29) is 33.0 Å². The second kappa shape index (κ2) is 5.39. The van der Waals surface area contributed by atoms with Crippen molar-refractivity contribution in [2.75, 3.05) is 0 Å². The van der Waals surface area contributed by atoms with Crippen molar-refractivity contribution in [2.24, 2.45) is 0 Å². The zero-order chi connectivity index (χ0) is 4.50. The zero-order valence-corrected chi connectivity index (χ0v) is 5.90. The molecule has 0 bridgehead atoms. The van der Waals surface area contributed by atoms with E-state index in [0.29, 0.717) is 0 Å². The van der Waals surface area contributed by atoms with Crippen LogP contribution < -0.4 is 0 Å². The van der Waals surface area contributed by atoms with Crippen LogP contribution in [0.3, 0.4) is 0 Å². The maximum atomic E-state index is 7.33. The molecule has 0 aliphatic heterocycles. The minimum Gasteiger partial charge on any atom is 0 e. The van der Waals surface area contributed by atoms with Gasteiger partial charge >= 0.3 is 27.7 Å². The van der Waals surface area contributed by atoms with Gasteiger partial charge in [-0.15, -0.1) is 0 Å². The summed E-state index contributed by atoms with van der Waals surface area (Å²) >= 11 is 0. The molecule has 0 aliphatic carbocycles. The third kappa shape index (κ3) is 127. The van der Waals surface area contributed by atoms with Gasteiger partial charge in [-0.2, -0.15) is 0 Å². The SMILES string of the molecule is O[PH](O)(O)O.[Ni].[Ni]. The van der Waals surface area contributed by atoms with Crippen LogP contribution in [0, 0.1) is 0 Å². The molecular formula is H5Ni2O4P. The first kappa shape index (κ1) is 15.7. The minimum absolute atomic E-state index is 0. The number of hydrogen-bond acceptors (Lipinski definition) is 4. The zero-order valence-electron chi connectivity index (χ0n) is 2.92. The Morgan fingerprint density at radius 1 is 0.714 bits per heavy atom. The quantitative estimate of drug-likeness (QED) is 0.290. The van der Waals surface area contributed by atoms with Gasteiger partial charge in [-0.1, -0.05) is 0 Å². The van der Waals surface area contributed by atoms with Crippen LogP contribution in [-0.4, -0.2) is 19.6 Å². The minimum atomic E-state index is -4.61. The molecule has 0 spiro atoms. The Hall–Kier alpha value is 1.26. The van der Waals surface area contributed by atoms with Crippen LogP contribution in [0.2, 0.25) is 0 Å². The molecule has 0 unspecified atom stereocenters. The molecule has 0 heterocycles. The van der Waals surface area contributed by atoms with Crippen molar-refractivity contribution < 1.29 is 52.6 Å². The Labute approximate surface area is 61.1 Å². The Bertz CT molecular complexity index is 25.2. The first-order valence-corrected chi connectivity index (χ1v) is 2.68. The summed E-state index contributed by atoms with van der Waals surface area (Å²) in [7, 11) is -4.61. The van der Waals surface area contributed by atoms with Crippen LogP contribution in [0.5, 0.6) is 0 Å². The van der Waals surface area contributed by atoms with Gasteiger partial charge < -0.3 is 0 Å². The van der Waals surface area contributed by atoms with Crippen molar-refractivity contribution in [3.05, 3.63) is 0 Å². The van der Waals surface area contributed by atoms with Gasteiger partial charge in [-0.3, -0.25) is 0 Å². The Kier molecular flexibility index (Phi) is 12.1. The van der Waals surface area contributed by atoms with E-state index in [1.165, 1.54) is 0 Å². The molecule has 7 heavy (non-hydrogen) atoms. The van der Waals surface area contributed by atoms with Crippen LogP contribution in [0.4, 0.5) is 0 Å². The van der Waals surface area contributed by atoms with Crippen molar-refractivity contribution in [2.45, 2.75) is 0 Å². The summed E-state index contributed by atoms with van der Waals surface area (Å²) in [5, 5.41) is 0. The molecular weight excluding hydrogens is 212 g/mol. The topological polar surface area (TPSA) is 80.9 Å². The summed E-state index contributed by atoms with van der Waals surface area (Å²) in [6.07, 6.45) is 0. The summed E-state index contributed by atoms with van der Waals surface area (Å²) in [4.78, 5) is 29.3. The summed E-state index contributed by atoms with van der Waals surface area (Å²) < 4.78 is 0. The molecule has 4 N–H and O–H groups in total.